The average Bonchev–Trinajstić information content (AvgIpc) is 2.94. The van der Waals surface area contributed by atoms with Crippen LogP contribution in [-0.2, 0) is 32.6 Å². The predicted octanol–water partition coefficient (Wildman–Crippen LogP) is 5.72. The number of carbonyl (C=O) groups excluding carboxylic acids is 2. The van der Waals surface area contributed by atoms with Crippen molar-refractivity contribution in [3.05, 3.63) is 101 Å². The molecule has 0 unspecified atom stereocenters. The number of hydrogen-bond acceptors (Lipinski definition) is 4. The first-order valence-electron chi connectivity index (χ1n) is 13.8. The van der Waals surface area contributed by atoms with E-state index < -0.39 is 27.7 Å². The normalized spacial score (nSPS) is 12.0. The minimum atomic E-state index is -3.86. The fourth-order valence-electron chi connectivity index (χ4n) is 4.54. The molecule has 0 aromatic heterocycles. The average molecular weight is 620 g/mol. The van der Waals surface area contributed by atoms with E-state index in [0.29, 0.717) is 11.6 Å². The molecule has 0 saturated heterocycles. The van der Waals surface area contributed by atoms with Crippen molar-refractivity contribution in [3.8, 4) is 0 Å². The van der Waals surface area contributed by atoms with Crippen LogP contribution in [0.4, 0.5) is 14.5 Å². The highest BCUT2D eigenvalue weighted by molar-refractivity contribution is 7.92. The molecule has 0 bridgehead atoms. The molecule has 42 heavy (non-hydrogen) atoms. The lowest BCUT2D eigenvalue weighted by Crippen LogP contribution is -2.50. The van der Waals surface area contributed by atoms with Crippen molar-refractivity contribution < 1.29 is 26.8 Å². The lowest BCUT2D eigenvalue weighted by molar-refractivity contribution is -0.141. The first-order chi connectivity index (χ1) is 20.0. The van der Waals surface area contributed by atoms with Crippen molar-refractivity contribution in [2.75, 3.05) is 23.7 Å². The van der Waals surface area contributed by atoms with Crippen LogP contribution in [0, 0.1) is 11.6 Å². The van der Waals surface area contributed by atoms with Gasteiger partial charge in [0.05, 0.1) is 11.9 Å². The van der Waals surface area contributed by atoms with Crippen LogP contribution in [0.3, 0.4) is 0 Å². The van der Waals surface area contributed by atoms with Gasteiger partial charge in [0, 0.05) is 43.6 Å². The largest absolute Gasteiger partial charge is 0.354 e. The summed E-state index contributed by atoms with van der Waals surface area (Å²) in [6.45, 7) is 2.45. The molecule has 0 heterocycles. The molecule has 3 rings (SSSR count). The molecule has 226 valence electrons. The third-order valence-corrected chi connectivity index (χ3v) is 8.12. The van der Waals surface area contributed by atoms with Gasteiger partial charge in [-0.05, 0) is 48.2 Å². The number of benzene rings is 3. The summed E-state index contributed by atoms with van der Waals surface area (Å²) < 4.78 is 53.2. The Morgan fingerprint density at radius 2 is 1.64 bits per heavy atom. The van der Waals surface area contributed by atoms with Gasteiger partial charge in [0.1, 0.15) is 6.04 Å². The summed E-state index contributed by atoms with van der Waals surface area (Å²) in [7, 11) is -3.86. The van der Waals surface area contributed by atoms with E-state index in [9.17, 15) is 26.8 Å². The molecule has 0 aliphatic rings. The molecule has 1 N–H and O–H groups in total. The van der Waals surface area contributed by atoms with E-state index in [-0.39, 0.29) is 49.9 Å². The molecular weight excluding hydrogens is 584 g/mol. The molecule has 0 spiro atoms. The molecule has 0 aliphatic heterocycles. The molecule has 2 amide bonds. The predicted molar refractivity (Wildman–Crippen MR) is 162 cm³/mol. The number of unbranched alkanes of at least 4 members (excludes halogenated alkanes) is 1. The minimum Gasteiger partial charge on any atom is -0.354 e. The van der Waals surface area contributed by atoms with Gasteiger partial charge in [-0.1, -0.05) is 67.4 Å². The van der Waals surface area contributed by atoms with E-state index in [4.69, 9.17) is 11.6 Å². The summed E-state index contributed by atoms with van der Waals surface area (Å²) >= 11 is 6.21. The Balaban J connectivity index is 1.88. The summed E-state index contributed by atoms with van der Waals surface area (Å²) in [5.41, 5.74) is 1.56. The Morgan fingerprint density at radius 1 is 0.929 bits per heavy atom. The summed E-state index contributed by atoms with van der Waals surface area (Å²) in [5, 5.41) is 3.44. The minimum absolute atomic E-state index is 0.0445. The van der Waals surface area contributed by atoms with Crippen molar-refractivity contribution in [2.24, 2.45) is 0 Å². The van der Waals surface area contributed by atoms with E-state index in [1.165, 1.54) is 11.0 Å². The van der Waals surface area contributed by atoms with Crippen molar-refractivity contribution in [3.63, 3.8) is 0 Å². The highest BCUT2D eigenvalue weighted by Gasteiger charge is 2.30. The molecule has 0 aliphatic carbocycles. The third kappa shape index (κ3) is 9.80. The quantitative estimate of drug-likeness (QED) is 0.221. The van der Waals surface area contributed by atoms with Gasteiger partial charge < -0.3 is 10.2 Å². The molecule has 11 heteroatoms. The number of carbonyl (C=O) groups is 2. The Bertz CT molecular complexity index is 1460. The zero-order valence-corrected chi connectivity index (χ0v) is 25.3. The smallest absolute Gasteiger partial charge is 0.243 e. The van der Waals surface area contributed by atoms with Crippen LogP contribution in [0.1, 0.15) is 43.7 Å². The Kier molecular flexibility index (Phi) is 12.3. The van der Waals surface area contributed by atoms with E-state index in [1.807, 2.05) is 43.3 Å². The van der Waals surface area contributed by atoms with Crippen molar-refractivity contribution in [1.29, 1.82) is 0 Å². The maximum absolute atomic E-state index is 13.9. The number of nitrogens with one attached hydrogen (secondary N) is 1. The van der Waals surface area contributed by atoms with Gasteiger partial charge in [0.25, 0.3) is 0 Å². The van der Waals surface area contributed by atoms with Crippen LogP contribution in [0.2, 0.25) is 5.02 Å². The molecule has 0 fully saturated rings. The Hall–Kier alpha value is -3.50. The topological polar surface area (TPSA) is 86.8 Å². The van der Waals surface area contributed by atoms with E-state index in [1.54, 1.807) is 18.2 Å². The lowest BCUT2D eigenvalue weighted by Gasteiger charge is -2.32. The second-order valence-corrected chi connectivity index (χ2v) is 12.4. The molecule has 7 nitrogen and oxygen atoms in total. The first-order valence-corrected chi connectivity index (χ1v) is 16.0. The second-order valence-electron chi connectivity index (χ2n) is 10.0. The maximum Gasteiger partial charge on any atom is 0.243 e. The lowest BCUT2D eigenvalue weighted by atomic mass is 10.0. The second kappa shape index (κ2) is 15.7. The molecule has 3 aromatic carbocycles. The van der Waals surface area contributed by atoms with Crippen molar-refractivity contribution >= 4 is 39.1 Å². The van der Waals surface area contributed by atoms with Gasteiger partial charge in [-0.25, -0.2) is 17.2 Å². The number of hydrogen-bond donors (Lipinski definition) is 1. The van der Waals surface area contributed by atoms with Gasteiger partial charge in [-0.15, -0.1) is 0 Å². The summed E-state index contributed by atoms with van der Waals surface area (Å²) in [5.74, 6) is -2.93. The number of sulfonamides is 1. The third-order valence-electron chi connectivity index (χ3n) is 6.69. The molecule has 0 saturated carbocycles. The van der Waals surface area contributed by atoms with Crippen LogP contribution in [-0.4, -0.2) is 50.5 Å². The van der Waals surface area contributed by atoms with Crippen LogP contribution < -0.4 is 9.62 Å². The van der Waals surface area contributed by atoms with Gasteiger partial charge in [0.15, 0.2) is 11.6 Å². The zero-order chi connectivity index (χ0) is 30.7. The Morgan fingerprint density at radius 3 is 2.29 bits per heavy atom. The SMILES string of the molecule is CCCCNC(=O)[C@H](Cc1ccccc1)N(Cc1cccc(Cl)c1)C(=O)CCCN(c1ccc(F)c(F)c1)S(C)(=O)=O. The summed E-state index contributed by atoms with van der Waals surface area (Å²) in [6, 6.07) is 18.4. The summed E-state index contributed by atoms with van der Waals surface area (Å²) in [6.07, 6.45) is 2.89. The van der Waals surface area contributed by atoms with Crippen LogP contribution in [0.5, 0.6) is 0 Å². The maximum atomic E-state index is 13.9. The van der Waals surface area contributed by atoms with E-state index >= 15 is 0 Å². The fourth-order valence-corrected chi connectivity index (χ4v) is 5.71. The number of amides is 2. The fraction of sp³-hybridized carbons (Fsp3) is 0.355. The number of rotatable bonds is 15. The van der Waals surface area contributed by atoms with Crippen molar-refractivity contribution in [2.45, 2.75) is 51.6 Å². The summed E-state index contributed by atoms with van der Waals surface area (Å²) in [4.78, 5) is 28.8. The van der Waals surface area contributed by atoms with Gasteiger partial charge in [-0.3, -0.25) is 13.9 Å². The van der Waals surface area contributed by atoms with Crippen LogP contribution in [0.25, 0.3) is 0 Å². The highest BCUT2D eigenvalue weighted by atomic mass is 35.5. The zero-order valence-electron chi connectivity index (χ0n) is 23.7. The molecule has 3 aromatic rings. The number of halogens is 3. The van der Waals surface area contributed by atoms with Gasteiger partial charge in [-0.2, -0.15) is 0 Å². The monoisotopic (exact) mass is 619 g/mol. The van der Waals surface area contributed by atoms with E-state index in [0.717, 1.165) is 46.7 Å². The van der Waals surface area contributed by atoms with Gasteiger partial charge in [0.2, 0.25) is 21.8 Å². The van der Waals surface area contributed by atoms with Gasteiger partial charge >= 0.3 is 0 Å². The highest BCUT2D eigenvalue weighted by Crippen LogP contribution is 2.23. The number of nitrogens with zero attached hydrogens (tertiary/aromatic N) is 2. The number of anilines is 1. The van der Waals surface area contributed by atoms with Crippen LogP contribution in [0.15, 0.2) is 72.8 Å². The molecule has 1 atom stereocenters. The van der Waals surface area contributed by atoms with Crippen LogP contribution >= 0.6 is 11.6 Å². The Labute approximate surface area is 251 Å². The molecular formula is C31H36ClF2N3O4S. The standard InChI is InChI=1S/C31H36ClF2N3O4S/c1-3-4-17-35-31(39)29(20-23-10-6-5-7-11-23)36(22-24-12-8-13-25(32)19-24)30(38)14-9-18-37(42(2,40)41)26-15-16-27(33)28(34)21-26/h5-8,10-13,15-16,19,21,29H,3-4,9,14,17-18,20,22H2,1-2H3,(H,35,39)/t29-/m0/s1. The van der Waals surface area contributed by atoms with Crippen molar-refractivity contribution in [1.82, 2.24) is 10.2 Å². The van der Waals surface area contributed by atoms with E-state index in [2.05, 4.69) is 5.32 Å². The first kappa shape index (κ1) is 33.0. The molecule has 0 radical (unpaired) electrons.